The van der Waals surface area contributed by atoms with Gasteiger partial charge in [-0.05, 0) is 13.8 Å². The van der Waals surface area contributed by atoms with E-state index in [1.54, 1.807) is 0 Å². The SMILES string of the molecule is Cc1nc(Cl)c(OC2COC2)nc1C. The molecule has 0 N–H and O–H groups in total. The van der Waals surface area contributed by atoms with E-state index in [2.05, 4.69) is 9.97 Å². The summed E-state index contributed by atoms with van der Waals surface area (Å²) < 4.78 is 10.5. The summed E-state index contributed by atoms with van der Waals surface area (Å²) in [4.78, 5) is 8.34. The molecule has 1 fully saturated rings. The summed E-state index contributed by atoms with van der Waals surface area (Å²) in [5.74, 6) is 0.406. The predicted molar refractivity (Wildman–Crippen MR) is 51.8 cm³/mol. The number of halogens is 1. The Kier molecular flexibility index (Phi) is 2.56. The maximum atomic E-state index is 5.89. The van der Waals surface area contributed by atoms with Crippen LogP contribution in [-0.2, 0) is 4.74 Å². The third kappa shape index (κ3) is 1.81. The molecule has 1 aliphatic rings. The van der Waals surface area contributed by atoms with E-state index in [-0.39, 0.29) is 6.10 Å². The second kappa shape index (κ2) is 3.71. The van der Waals surface area contributed by atoms with Gasteiger partial charge in [0.1, 0.15) is 6.10 Å². The molecule has 1 aromatic rings. The van der Waals surface area contributed by atoms with Crippen molar-refractivity contribution in [3.05, 3.63) is 16.5 Å². The minimum absolute atomic E-state index is 0.0731. The quantitative estimate of drug-likeness (QED) is 0.749. The third-order valence-electron chi connectivity index (χ3n) is 2.12. The van der Waals surface area contributed by atoms with E-state index < -0.39 is 0 Å². The van der Waals surface area contributed by atoms with Crippen LogP contribution in [0.3, 0.4) is 0 Å². The molecule has 5 heteroatoms. The van der Waals surface area contributed by atoms with Gasteiger partial charge in [0.2, 0.25) is 0 Å². The average molecular weight is 215 g/mol. The lowest BCUT2D eigenvalue weighted by atomic mass is 10.3. The zero-order chi connectivity index (χ0) is 10.1. The van der Waals surface area contributed by atoms with Crippen LogP contribution in [0.2, 0.25) is 5.15 Å². The highest BCUT2D eigenvalue weighted by Gasteiger charge is 2.22. The molecule has 0 unspecified atom stereocenters. The largest absolute Gasteiger partial charge is 0.467 e. The van der Waals surface area contributed by atoms with Gasteiger partial charge in [0.05, 0.1) is 24.6 Å². The first-order valence-corrected chi connectivity index (χ1v) is 4.80. The Morgan fingerprint density at radius 3 is 2.50 bits per heavy atom. The number of ether oxygens (including phenoxy) is 2. The van der Waals surface area contributed by atoms with Gasteiger partial charge in [0, 0.05) is 0 Å². The molecule has 0 spiro atoms. The number of hydrogen-bond acceptors (Lipinski definition) is 4. The Bertz CT molecular complexity index is 353. The van der Waals surface area contributed by atoms with Crippen LogP contribution in [0.15, 0.2) is 0 Å². The first kappa shape index (κ1) is 9.68. The Morgan fingerprint density at radius 2 is 1.93 bits per heavy atom. The van der Waals surface area contributed by atoms with Gasteiger partial charge in [-0.3, -0.25) is 0 Å². The van der Waals surface area contributed by atoms with Gasteiger partial charge in [-0.1, -0.05) is 11.6 Å². The molecular formula is C9H11ClN2O2. The Labute approximate surface area is 87.2 Å². The molecule has 1 aliphatic heterocycles. The van der Waals surface area contributed by atoms with Crippen molar-refractivity contribution < 1.29 is 9.47 Å². The molecule has 14 heavy (non-hydrogen) atoms. The van der Waals surface area contributed by atoms with Gasteiger partial charge in [0.15, 0.2) is 5.15 Å². The van der Waals surface area contributed by atoms with Crippen LogP contribution in [0, 0.1) is 13.8 Å². The number of aromatic nitrogens is 2. The molecule has 2 heterocycles. The van der Waals surface area contributed by atoms with Crippen molar-refractivity contribution in [1.29, 1.82) is 0 Å². The third-order valence-corrected chi connectivity index (χ3v) is 2.37. The van der Waals surface area contributed by atoms with Crippen LogP contribution in [0.4, 0.5) is 0 Å². The van der Waals surface area contributed by atoms with Crippen molar-refractivity contribution in [2.75, 3.05) is 13.2 Å². The molecule has 76 valence electrons. The lowest BCUT2D eigenvalue weighted by Gasteiger charge is -2.26. The predicted octanol–water partition coefficient (Wildman–Crippen LogP) is 1.52. The zero-order valence-electron chi connectivity index (χ0n) is 8.08. The summed E-state index contributed by atoms with van der Waals surface area (Å²) in [6.07, 6.45) is 0.0731. The minimum Gasteiger partial charge on any atom is -0.467 e. The van der Waals surface area contributed by atoms with Gasteiger partial charge in [-0.2, -0.15) is 0 Å². The highest BCUT2D eigenvalue weighted by molar-refractivity contribution is 6.30. The van der Waals surface area contributed by atoms with Crippen molar-refractivity contribution in [1.82, 2.24) is 9.97 Å². The maximum absolute atomic E-state index is 5.89. The molecule has 0 bridgehead atoms. The summed E-state index contributed by atoms with van der Waals surface area (Å²) in [6.45, 7) is 4.95. The second-order valence-electron chi connectivity index (χ2n) is 3.27. The lowest BCUT2D eigenvalue weighted by molar-refractivity contribution is -0.0814. The van der Waals surface area contributed by atoms with E-state index in [0.717, 1.165) is 11.4 Å². The van der Waals surface area contributed by atoms with Crippen LogP contribution in [0.1, 0.15) is 11.4 Å². The van der Waals surface area contributed by atoms with Crippen molar-refractivity contribution in [3.8, 4) is 5.88 Å². The fourth-order valence-electron chi connectivity index (χ4n) is 1.07. The summed E-state index contributed by atoms with van der Waals surface area (Å²) in [7, 11) is 0. The molecule has 4 nitrogen and oxygen atoms in total. The van der Waals surface area contributed by atoms with E-state index in [1.165, 1.54) is 0 Å². The second-order valence-corrected chi connectivity index (χ2v) is 3.63. The zero-order valence-corrected chi connectivity index (χ0v) is 8.84. The van der Waals surface area contributed by atoms with E-state index in [1.807, 2.05) is 13.8 Å². The Balaban J connectivity index is 2.19. The minimum atomic E-state index is 0.0731. The molecule has 1 saturated heterocycles. The maximum Gasteiger partial charge on any atom is 0.252 e. The average Bonchev–Trinajstić information content (AvgIpc) is 2.06. The molecule has 0 aromatic carbocycles. The molecule has 2 rings (SSSR count). The number of aryl methyl sites for hydroxylation is 2. The van der Waals surface area contributed by atoms with Crippen molar-refractivity contribution >= 4 is 11.6 Å². The van der Waals surface area contributed by atoms with E-state index >= 15 is 0 Å². The summed E-state index contributed by atoms with van der Waals surface area (Å²) >= 11 is 5.89. The first-order valence-electron chi connectivity index (χ1n) is 4.42. The Morgan fingerprint density at radius 1 is 1.29 bits per heavy atom. The monoisotopic (exact) mass is 214 g/mol. The van der Waals surface area contributed by atoms with Crippen molar-refractivity contribution in [2.45, 2.75) is 20.0 Å². The van der Waals surface area contributed by atoms with Gasteiger partial charge < -0.3 is 9.47 Å². The first-order chi connectivity index (χ1) is 6.66. The number of rotatable bonds is 2. The van der Waals surface area contributed by atoms with Gasteiger partial charge in [-0.25, -0.2) is 9.97 Å². The molecule has 0 amide bonds. The van der Waals surface area contributed by atoms with Crippen molar-refractivity contribution in [2.24, 2.45) is 0 Å². The molecule has 0 atom stereocenters. The van der Waals surface area contributed by atoms with Gasteiger partial charge >= 0.3 is 0 Å². The van der Waals surface area contributed by atoms with E-state index in [0.29, 0.717) is 24.2 Å². The Hall–Kier alpha value is -0.870. The molecule has 1 aromatic heterocycles. The molecule has 0 radical (unpaired) electrons. The molecule has 0 aliphatic carbocycles. The highest BCUT2D eigenvalue weighted by atomic mass is 35.5. The lowest BCUT2D eigenvalue weighted by Crippen LogP contribution is -2.38. The van der Waals surface area contributed by atoms with Crippen LogP contribution < -0.4 is 4.74 Å². The van der Waals surface area contributed by atoms with E-state index in [4.69, 9.17) is 21.1 Å². The van der Waals surface area contributed by atoms with Crippen LogP contribution >= 0.6 is 11.6 Å². The van der Waals surface area contributed by atoms with Crippen LogP contribution in [0.25, 0.3) is 0 Å². The van der Waals surface area contributed by atoms with Crippen LogP contribution in [0.5, 0.6) is 5.88 Å². The van der Waals surface area contributed by atoms with Crippen molar-refractivity contribution in [3.63, 3.8) is 0 Å². The fourth-order valence-corrected chi connectivity index (χ4v) is 1.28. The summed E-state index contributed by atoms with van der Waals surface area (Å²) in [6, 6.07) is 0. The topological polar surface area (TPSA) is 44.2 Å². The highest BCUT2D eigenvalue weighted by Crippen LogP contribution is 2.23. The molecular weight excluding hydrogens is 204 g/mol. The smallest absolute Gasteiger partial charge is 0.252 e. The number of nitrogens with zero attached hydrogens (tertiary/aromatic N) is 2. The van der Waals surface area contributed by atoms with Gasteiger partial charge in [-0.15, -0.1) is 0 Å². The molecule has 0 saturated carbocycles. The fraction of sp³-hybridized carbons (Fsp3) is 0.556. The standard InChI is InChI=1S/C9H11ClN2O2/c1-5-6(2)12-9(8(10)11-5)14-7-3-13-4-7/h7H,3-4H2,1-2H3. The van der Waals surface area contributed by atoms with Gasteiger partial charge in [0.25, 0.3) is 5.88 Å². The summed E-state index contributed by atoms with van der Waals surface area (Å²) in [5.41, 5.74) is 1.66. The van der Waals surface area contributed by atoms with E-state index in [9.17, 15) is 0 Å². The number of hydrogen-bond donors (Lipinski definition) is 0. The van der Waals surface area contributed by atoms with Crippen LogP contribution in [-0.4, -0.2) is 29.3 Å². The summed E-state index contributed by atoms with van der Waals surface area (Å²) in [5, 5.41) is 0.319. The normalized spacial score (nSPS) is 16.5.